The molecular formula is C20H24N2O4. The van der Waals surface area contributed by atoms with Crippen LogP contribution in [0.4, 0.5) is 5.69 Å². The van der Waals surface area contributed by atoms with Gasteiger partial charge in [0.05, 0.1) is 0 Å². The average molecular weight is 356 g/mol. The first-order chi connectivity index (χ1) is 12.6. The molecule has 0 aromatic heterocycles. The van der Waals surface area contributed by atoms with E-state index in [0.717, 1.165) is 6.42 Å². The molecule has 2 aromatic rings. The number of rotatable bonds is 9. The maximum absolute atomic E-state index is 12.2. The van der Waals surface area contributed by atoms with E-state index in [-0.39, 0.29) is 11.8 Å². The number of carbonyl (C=O) groups excluding carboxylic acids is 2. The minimum absolute atomic E-state index is 0.153. The van der Waals surface area contributed by atoms with Gasteiger partial charge in [0, 0.05) is 31.5 Å². The van der Waals surface area contributed by atoms with E-state index >= 15 is 0 Å². The fraction of sp³-hybridized carbons (Fsp3) is 0.300. The molecule has 2 amide bonds. The Kier molecular flexibility index (Phi) is 7.64. The predicted molar refractivity (Wildman–Crippen MR) is 100 cm³/mol. The number of hydrogen-bond donors (Lipinski definition) is 2. The zero-order valence-electron chi connectivity index (χ0n) is 15.0. The summed E-state index contributed by atoms with van der Waals surface area (Å²) in [6.07, 6.45) is 0.122. The summed E-state index contributed by atoms with van der Waals surface area (Å²) in [5.41, 5.74) is 1.14. The molecule has 6 nitrogen and oxygen atoms in total. The van der Waals surface area contributed by atoms with Crippen molar-refractivity contribution in [1.29, 1.82) is 0 Å². The molecule has 2 rings (SSSR count). The van der Waals surface area contributed by atoms with Gasteiger partial charge in [0.25, 0.3) is 11.8 Å². The summed E-state index contributed by atoms with van der Waals surface area (Å²) in [5, 5.41) is 5.59. The number of methoxy groups -OCH3 is 1. The van der Waals surface area contributed by atoms with Gasteiger partial charge in [-0.05, 0) is 49.7 Å². The van der Waals surface area contributed by atoms with Gasteiger partial charge < -0.3 is 20.1 Å². The zero-order valence-corrected chi connectivity index (χ0v) is 15.0. The number of amides is 2. The molecule has 1 atom stereocenters. The van der Waals surface area contributed by atoms with E-state index < -0.39 is 6.10 Å². The van der Waals surface area contributed by atoms with Crippen molar-refractivity contribution in [1.82, 2.24) is 5.32 Å². The highest BCUT2D eigenvalue weighted by molar-refractivity contribution is 5.96. The molecular weight excluding hydrogens is 332 g/mol. The molecule has 1 unspecified atom stereocenters. The Bertz CT molecular complexity index is 702. The van der Waals surface area contributed by atoms with Gasteiger partial charge in [0.2, 0.25) is 0 Å². The fourth-order valence-electron chi connectivity index (χ4n) is 2.23. The molecule has 138 valence electrons. The lowest BCUT2D eigenvalue weighted by Crippen LogP contribution is -2.30. The van der Waals surface area contributed by atoms with Crippen molar-refractivity contribution in [3.63, 3.8) is 0 Å². The molecule has 0 saturated heterocycles. The molecule has 0 aliphatic rings. The third-order valence-electron chi connectivity index (χ3n) is 3.65. The maximum Gasteiger partial charge on any atom is 0.265 e. The minimum Gasteiger partial charge on any atom is -0.481 e. The number of benzene rings is 2. The van der Waals surface area contributed by atoms with Crippen LogP contribution in [0.1, 0.15) is 23.7 Å². The highest BCUT2D eigenvalue weighted by atomic mass is 16.5. The van der Waals surface area contributed by atoms with Crippen LogP contribution in [0.2, 0.25) is 0 Å². The van der Waals surface area contributed by atoms with E-state index in [1.807, 2.05) is 18.2 Å². The zero-order chi connectivity index (χ0) is 18.8. The highest BCUT2D eigenvalue weighted by Gasteiger charge is 2.15. The van der Waals surface area contributed by atoms with Gasteiger partial charge in [0.1, 0.15) is 5.75 Å². The van der Waals surface area contributed by atoms with E-state index in [1.165, 1.54) is 0 Å². The smallest absolute Gasteiger partial charge is 0.265 e. The summed E-state index contributed by atoms with van der Waals surface area (Å²) < 4.78 is 10.5. The van der Waals surface area contributed by atoms with Gasteiger partial charge in [0.15, 0.2) is 6.10 Å². The quantitative estimate of drug-likeness (QED) is 0.678. The van der Waals surface area contributed by atoms with Crippen molar-refractivity contribution >= 4 is 17.5 Å². The molecule has 0 aliphatic carbocycles. The third kappa shape index (κ3) is 6.22. The van der Waals surface area contributed by atoms with E-state index in [9.17, 15) is 9.59 Å². The Hall–Kier alpha value is -2.86. The van der Waals surface area contributed by atoms with Gasteiger partial charge >= 0.3 is 0 Å². The number of hydrogen-bond acceptors (Lipinski definition) is 4. The second-order valence-corrected chi connectivity index (χ2v) is 5.74. The predicted octanol–water partition coefficient (Wildman–Crippen LogP) is 2.86. The summed E-state index contributed by atoms with van der Waals surface area (Å²) in [5.74, 6) is 0.223. The lowest BCUT2D eigenvalue weighted by molar-refractivity contribution is -0.122. The van der Waals surface area contributed by atoms with Crippen LogP contribution in [0.25, 0.3) is 0 Å². The van der Waals surface area contributed by atoms with Crippen LogP contribution in [0, 0.1) is 0 Å². The molecule has 6 heteroatoms. The molecule has 0 aliphatic heterocycles. The van der Waals surface area contributed by atoms with E-state index in [0.29, 0.717) is 30.2 Å². The van der Waals surface area contributed by atoms with E-state index in [1.54, 1.807) is 50.4 Å². The Balaban J connectivity index is 1.84. The van der Waals surface area contributed by atoms with Crippen LogP contribution in [0.15, 0.2) is 54.6 Å². The summed E-state index contributed by atoms with van der Waals surface area (Å²) in [6.45, 7) is 2.85. The fourth-order valence-corrected chi connectivity index (χ4v) is 2.23. The van der Waals surface area contributed by atoms with Crippen molar-refractivity contribution in [3.05, 3.63) is 60.2 Å². The molecule has 2 aromatic carbocycles. The van der Waals surface area contributed by atoms with Crippen LogP contribution in [-0.4, -0.2) is 38.2 Å². The van der Waals surface area contributed by atoms with Crippen molar-refractivity contribution < 1.29 is 19.1 Å². The molecule has 0 saturated carbocycles. The molecule has 26 heavy (non-hydrogen) atoms. The second kappa shape index (κ2) is 10.2. The number of ether oxygens (including phenoxy) is 2. The van der Waals surface area contributed by atoms with Gasteiger partial charge in [-0.1, -0.05) is 18.2 Å². The Morgan fingerprint density at radius 2 is 1.73 bits per heavy atom. The van der Waals surface area contributed by atoms with Crippen LogP contribution in [-0.2, 0) is 9.53 Å². The summed E-state index contributed by atoms with van der Waals surface area (Å²) in [6, 6.07) is 15.9. The lowest BCUT2D eigenvalue weighted by Gasteiger charge is -2.15. The number of para-hydroxylation sites is 1. The minimum atomic E-state index is -0.638. The van der Waals surface area contributed by atoms with Crippen LogP contribution in [0.5, 0.6) is 5.75 Å². The van der Waals surface area contributed by atoms with Crippen LogP contribution < -0.4 is 15.4 Å². The molecule has 0 spiro atoms. The van der Waals surface area contributed by atoms with Gasteiger partial charge in [-0.3, -0.25) is 9.59 Å². The summed E-state index contributed by atoms with van der Waals surface area (Å²) in [4.78, 5) is 24.2. The Labute approximate surface area is 153 Å². The number of carbonyl (C=O) groups is 2. The normalized spacial score (nSPS) is 11.5. The van der Waals surface area contributed by atoms with Crippen LogP contribution >= 0.6 is 0 Å². The molecule has 0 heterocycles. The first-order valence-corrected chi connectivity index (χ1v) is 8.50. The molecule has 0 bridgehead atoms. The second-order valence-electron chi connectivity index (χ2n) is 5.74. The Morgan fingerprint density at radius 1 is 1.04 bits per heavy atom. The van der Waals surface area contributed by atoms with Crippen molar-refractivity contribution in [3.8, 4) is 5.75 Å². The first kappa shape index (κ1) is 19.5. The summed E-state index contributed by atoms with van der Waals surface area (Å²) >= 11 is 0. The van der Waals surface area contributed by atoms with E-state index in [4.69, 9.17) is 9.47 Å². The number of anilines is 1. The number of nitrogens with one attached hydrogen (secondary N) is 2. The van der Waals surface area contributed by atoms with Crippen molar-refractivity contribution in [2.75, 3.05) is 25.6 Å². The highest BCUT2D eigenvalue weighted by Crippen LogP contribution is 2.13. The molecule has 0 radical (unpaired) electrons. The van der Waals surface area contributed by atoms with Gasteiger partial charge in [-0.2, -0.15) is 0 Å². The standard InChI is InChI=1S/C20H24N2O4/c1-15(26-18-7-4-3-5-8-18)19(23)22-17-11-9-16(10-12-17)20(24)21-13-6-14-25-2/h3-5,7-12,15H,6,13-14H2,1-2H3,(H,21,24)(H,22,23). The SMILES string of the molecule is COCCCNC(=O)c1ccc(NC(=O)C(C)Oc2ccccc2)cc1. The average Bonchev–Trinajstić information content (AvgIpc) is 2.66. The van der Waals surface area contributed by atoms with Crippen molar-refractivity contribution in [2.24, 2.45) is 0 Å². The van der Waals surface area contributed by atoms with Gasteiger partial charge in [-0.25, -0.2) is 0 Å². The summed E-state index contributed by atoms with van der Waals surface area (Å²) in [7, 11) is 1.63. The van der Waals surface area contributed by atoms with Crippen molar-refractivity contribution in [2.45, 2.75) is 19.4 Å². The molecule has 0 fully saturated rings. The Morgan fingerprint density at radius 3 is 2.38 bits per heavy atom. The topological polar surface area (TPSA) is 76.7 Å². The van der Waals surface area contributed by atoms with Gasteiger partial charge in [-0.15, -0.1) is 0 Å². The lowest BCUT2D eigenvalue weighted by atomic mass is 10.2. The third-order valence-corrected chi connectivity index (χ3v) is 3.65. The monoisotopic (exact) mass is 356 g/mol. The largest absolute Gasteiger partial charge is 0.481 e. The maximum atomic E-state index is 12.2. The molecule has 2 N–H and O–H groups in total. The first-order valence-electron chi connectivity index (χ1n) is 8.50. The van der Waals surface area contributed by atoms with E-state index in [2.05, 4.69) is 10.6 Å². The van der Waals surface area contributed by atoms with Crippen LogP contribution in [0.3, 0.4) is 0 Å².